The van der Waals surface area contributed by atoms with Crippen LogP contribution >= 0.6 is 0 Å². The van der Waals surface area contributed by atoms with Gasteiger partial charge in [-0.1, -0.05) is 5.21 Å². The van der Waals surface area contributed by atoms with Gasteiger partial charge in [-0.25, -0.2) is 4.68 Å². The molecule has 0 aliphatic carbocycles. The van der Waals surface area contributed by atoms with Crippen molar-refractivity contribution in [2.24, 2.45) is 0 Å². The Morgan fingerprint density at radius 3 is 2.90 bits per heavy atom. The second-order valence-electron chi connectivity index (χ2n) is 5.39. The van der Waals surface area contributed by atoms with E-state index in [4.69, 9.17) is 9.47 Å². The molecule has 1 spiro atoms. The van der Waals surface area contributed by atoms with E-state index in [0.717, 1.165) is 12.6 Å². The lowest BCUT2D eigenvalue weighted by molar-refractivity contribution is -0.0965. The molecule has 2 aliphatic heterocycles. The summed E-state index contributed by atoms with van der Waals surface area (Å²) in [6, 6.07) is -0.136. The summed E-state index contributed by atoms with van der Waals surface area (Å²) in [6.07, 6.45) is -1.90. The van der Waals surface area contributed by atoms with Crippen molar-refractivity contribution < 1.29 is 27.4 Å². The van der Waals surface area contributed by atoms with Gasteiger partial charge in [0.1, 0.15) is 0 Å². The Hall–Kier alpha value is -1.48. The second kappa shape index (κ2) is 5.06. The van der Waals surface area contributed by atoms with Crippen LogP contribution in [0.15, 0.2) is 6.20 Å². The maximum absolute atomic E-state index is 12.4. The SMILES string of the molecule is O=C(c1cn(C2CCOC3(CCOC3)C2)nn1)C(F)(F)F. The van der Waals surface area contributed by atoms with Gasteiger partial charge >= 0.3 is 6.18 Å². The third-order valence-corrected chi connectivity index (χ3v) is 3.91. The topological polar surface area (TPSA) is 66.2 Å². The minimum absolute atomic E-state index is 0.136. The van der Waals surface area contributed by atoms with E-state index in [9.17, 15) is 18.0 Å². The Morgan fingerprint density at radius 2 is 2.24 bits per heavy atom. The number of carbonyl (C=O) groups is 1. The van der Waals surface area contributed by atoms with E-state index >= 15 is 0 Å². The molecule has 2 fully saturated rings. The van der Waals surface area contributed by atoms with Gasteiger partial charge in [0.2, 0.25) is 0 Å². The van der Waals surface area contributed by atoms with Crippen molar-refractivity contribution in [3.63, 3.8) is 0 Å². The van der Waals surface area contributed by atoms with Crippen LogP contribution in [0.4, 0.5) is 13.2 Å². The number of Topliss-reactive ketones (excluding diaryl/α,β-unsaturated/α-hetero) is 1. The molecule has 21 heavy (non-hydrogen) atoms. The van der Waals surface area contributed by atoms with Gasteiger partial charge in [-0.3, -0.25) is 4.79 Å². The summed E-state index contributed by atoms with van der Waals surface area (Å²) in [7, 11) is 0. The van der Waals surface area contributed by atoms with E-state index in [1.165, 1.54) is 4.68 Å². The number of halogens is 3. The van der Waals surface area contributed by atoms with Crippen LogP contribution < -0.4 is 0 Å². The number of aromatic nitrogens is 3. The van der Waals surface area contributed by atoms with Crippen LogP contribution in [-0.4, -0.2) is 52.4 Å². The molecule has 2 aliphatic rings. The van der Waals surface area contributed by atoms with Crippen molar-refractivity contribution in [1.82, 2.24) is 15.0 Å². The van der Waals surface area contributed by atoms with E-state index in [-0.39, 0.29) is 11.6 Å². The average molecular weight is 305 g/mol. The normalized spacial score (nSPS) is 30.0. The predicted molar refractivity (Wildman–Crippen MR) is 62.8 cm³/mol. The Balaban J connectivity index is 1.75. The molecule has 0 aromatic carbocycles. The Morgan fingerprint density at radius 1 is 1.43 bits per heavy atom. The molecule has 1 aromatic rings. The van der Waals surface area contributed by atoms with Crippen LogP contribution in [0.5, 0.6) is 0 Å². The summed E-state index contributed by atoms with van der Waals surface area (Å²) < 4.78 is 49.5. The molecular formula is C12H14F3N3O3. The van der Waals surface area contributed by atoms with Gasteiger partial charge in [-0.2, -0.15) is 13.2 Å². The summed E-state index contributed by atoms with van der Waals surface area (Å²) >= 11 is 0. The first-order chi connectivity index (χ1) is 9.90. The Bertz CT molecular complexity index is 537. The summed E-state index contributed by atoms with van der Waals surface area (Å²) in [5, 5.41) is 7.02. The first kappa shape index (κ1) is 14.5. The fourth-order valence-electron chi connectivity index (χ4n) is 2.80. The zero-order chi connectivity index (χ0) is 15.1. The average Bonchev–Trinajstić information content (AvgIpc) is 3.07. The number of rotatable bonds is 2. The summed E-state index contributed by atoms with van der Waals surface area (Å²) in [6.45, 7) is 1.57. The third-order valence-electron chi connectivity index (χ3n) is 3.91. The van der Waals surface area contributed by atoms with E-state index in [2.05, 4.69) is 10.3 Å². The maximum Gasteiger partial charge on any atom is 0.456 e. The van der Waals surface area contributed by atoms with Crippen molar-refractivity contribution in [2.75, 3.05) is 19.8 Å². The molecule has 116 valence electrons. The Labute approximate surface area is 118 Å². The lowest BCUT2D eigenvalue weighted by Crippen LogP contribution is -2.41. The van der Waals surface area contributed by atoms with Crippen LogP contribution in [-0.2, 0) is 9.47 Å². The first-order valence-electron chi connectivity index (χ1n) is 6.65. The highest BCUT2D eigenvalue weighted by atomic mass is 19.4. The van der Waals surface area contributed by atoms with E-state index < -0.39 is 17.7 Å². The monoisotopic (exact) mass is 305 g/mol. The van der Waals surface area contributed by atoms with Crippen molar-refractivity contribution in [3.8, 4) is 0 Å². The van der Waals surface area contributed by atoms with Gasteiger partial charge in [0.05, 0.1) is 24.4 Å². The highest BCUT2D eigenvalue weighted by Gasteiger charge is 2.43. The molecule has 3 heterocycles. The standard InChI is InChI=1S/C12H14F3N3O3/c13-12(14,15)10(19)9-6-18(17-16-9)8-1-3-21-11(5-8)2-4-20-7-11/h6,8H,1-5,7H2. The molecule has 0 bridgehead atoms. The summed E-state index contributed by atoms with van der Waals surface area (Å²) in [4.78, 5) is 11.1. The van der Waals surface area contributed by atoms with Gasteiger partial charge in [-0.05, 0) is 6.42 Å². The minimum atomic E-state index is -4.93. The number of nitrogens with zero attached hydrogens (tertiary/aromatic N) is 3. The van der Waals surface area contributed by atoms with E-state index in [1.54, 1.807) is 0 Å². The third kappa shape index (κ3) is 2.80. The van der Waals surface area contributed by atoms with Crippen molar-refractivity contribution >= 4 is 5.78 Å². The fraction of sp³-hybridized carbons (Fsp3) is 0.750. The lowest BCUT2D eigenvalue weighted by Gasteiger charge is -2.36. The first-order valence-corrected chi connectivity index (χ1v) is 6.65. The number of hydrogen-bond acceptors (Lipinski definition) is 5. The molecule has 0 saturated carbocycles. The van der Waals surface area contributed by atoms with Gasteiger partial charge in [0, 0.05) is 26.1 Å². The largest absolute Gasteiger partial charge is 0.456 e. The van der Waals surface area contributed by atoms with Gasteiger partial charge < -0.3 is 9.47 Å². The van der Waals surface area contributed by atoms with E-state index in [0.29, 0.717) is 32.7 Å². The zero-order valence-corrected chi connectivity index (χ0v) is 11.1. The van der Waals surface area contributed by atoms with Crippen LogP contribution in [0.2, 0.25) is 0 Å². The highest BCUT2D eigenvalue weighted by Crippen LogP contribution is 2.37. The molecule has 3 rings (SSSR count). The fourth-order valence-corrected chi connectivity index (χ4v) is 2.80. The number of alkyl halides is 3. The predicted octanol–water partition coefficient (Wildman–Crippen LogP) is 1.53. The van der Waals surface area contributed by atoms with Crippen LogP contribution in [0.3, 0.4) is 0 Å². The molecule has 0 radical (unpaired) electrons. The van der Waals surface area contributed by atoms with Gasteiger partial charge in [0.25, 0.3) is 5.78 Å². The molecule has 0 N–H and O–H groups in total. The van der Waals surface area contributed by atoms with Crippen molar-refractivity contribution in [1.29, 1.82) is 0 Å². The molecular weight excluding hydrogens is 291 g/mol. The minimum Gasteiger partial charge on any atom is -0.378 e. The molecule has 2 atom stereocenters. The van der Waals surface area contributed by atoms with Gasteiger partial charge in [-0.15, -0.1) is 5.10 Å². The second-order valence-corrected chi connectivity index (χ2v) is 5.39. The molecule has 2 saturated heterocycles. The number of hydrogen-bond donors (Lipinski definition) is 0. The number of ether oxygens (including phenoxy) is 2. The maximum atomic E-state index is 12.4. The Kier molecular flexibility index (Phi) is 3.48. The number of ketones is 1. The van der Waals surface area contributed by atoms with Crippen LogP contribution in [0.1, 0.15) is 35.8 Å². The van der Waals surface area contributed by atoms with Crippen molar-refractivity contribution in [2.45, 2.75) is 37.1 Å². The highest BCUT2D eigenvalue weighted by molar-refractivity contribution is 5.98. The summed E-state index contributed by atoms with van der Waals surface area (Å²) in [5.41, 5.74) is -1.06. The molecule has 1 aromatic heterocycles. The zero-order valence-electron chi connectivity index (χ0n) is 11.1. The smallest absolute Gasteiger partial charge is 0.378 e. The number of carbonyl (C=O) groups excluding carboxylic acids is 1. The van der Waals surface area contributed by atoms with Crippen LogP contribution in [0.25, 0.3) is 0 Å². The lowest BCUT2D eigenvalue weighted by atomic mass is 9.90. The quantitative estimate of drug-likeness (QED) is 0.775. The van der Waals surface area contributed by atoms with Crippen LogP contribution in [0, 0.1) is 0 Å². The molecule has 0 amide bonds. The van der Waals surface area contributed by atoms with E-state index in [1.807, 2.05) is 0 Å². The van der Waals surface area contributed by atoms with Crippen molar-refractivity contribution in [3.05, 3.63) is 11.9 Å². The molecule has 6 nitrogen and oxygen atoms in total. The van der Waals surface area contributed by atoms with Gasteiger partial charge in [0.15, 0.2) is 5.69 Å². The summed E-state index contributed by atoms with van der Waals surface area (Å²) in [5.74, 6) is -1.97. The molecule has 9 heteroatoms. The molecule has 2 unspecified atom stereocenters.